The SMILES string of the molecule is CC(=O)NC(COCCC1CC1)C(=O)O. The Hall–Kier alpha value is -1.10. The Morgan fingerprint density at radius 2 is 2.20 bits per heavy atom. The molecule has 1 atom stereocenters. The average molecular weight is 215 g/mol. The number of carbonyl (C=O) groups is 2. The zero-order valence-electron chi connectivity index (χ0n) is 8.86. The maximum Gasteiger partial charge on any atom is 0.328 e. The smallest absolute Gasteiger partial charge is 0.328 e. The second-order valence-electron chi connectivity index (χ2n) is 3.90. The molecule has 1 amide bonds. The van der Waals surface area contributed by atoms with E-state index in [0.717, 1.165) is 12.3 Å². The Morgan fingerprint density at radius 1 is 1.53 bits per heavy atom. The maximum atomic E-state index is 10.7. The first-order chi connectivity index (χ1) is 7.09. The largest absolute Gasteiger partial charge is 0.480 e. The third-order valence-electron chi connectivity index (χ3n) is 2.33. The number of carboxylic acid groups (broad SMARTS) is 1. The van der Waals surface area contributed by atoms with Gasteiger partial charge in [0.05, 0.1) is 6.61 Å². The minimum Gasteiger partial charge on any atom is -0.480 e. The fourth-order valence-corrected chi connectivity index (χ4v) is 1.28. The van der Waals surface area contributed by atoms with Crippen molar-refractivity contribution in [2.75, 3.05) is 13.2 Å². The van der Waals surface area contributed by atoms with Crippen LogP contribution in [-0.2, 0) is 14.3 Å². The van der Waals surface area contributed by atoms with Crippen LogP contribution in [0.1, 0.15) is 26.2 Å². The van der Waals surface area contributed by atoms with Crippen LogP contribution < -0.4 is 5.32 Å². The molecular formula is C10H17NO4. The van der Waals surface area contributed by atoms with Gasteiger partial charge in [0.15, 0.2) is 6.04 Å². The molecule has 5 heteroatoms. The van der Waals surface area contributed by atoms with Gasteiger partial charge in [-0.25, -0.2) is 4.79 Å². The summed E-state index contributed by atoms with van der Waals surface area (Å²) in [5.41, 5.74) is 0. The lowest BCUT2D eigenvalue weighted by Gasteiger charge is -2.13. The van der Waals surface area contributed by atoms with E-state index in [2.05, 4.69) is 5.32 Å². The molecule has 0 aromatic rings. The molecule has 1 fully saturated rings. The van der Waals surface area contributed by atoms with E-state index in [4.69, 9.17) is 9.84 Å². The summed E-state index contributed by atoms with van der Waals surface area (Å²) in [4.78, 5) is 21.4. The van der Waals surface area contributed by atoms with Crippen LogP contribution in [0, 0.1) is 5.92 Å². The molecule has 0 bridgehead atoms. The lowest BCUT2D eigenvalue weighted by molar-refractivity contribution is -0.143. The van der Waals surface area contributed by atoms with Crippen LogP contribution >= 0.6 is 0 Å². The van der Waals surface area contributed by atoms with Gasteiger partial charge in [-0.1, -0.05) is 12.8 Å². The van der Waals surface area contributed by atoms with Crippen LogP contribution in [0.15, 0.2) is 0 Å². The number of amides is 1. The van der Waals surface area contributed by atoms with Crippen molar-refractivity contribution in [2.24, 2.45) is 5.92 Å². The molecule has 86 valence electrons. The molecule has 0 aliphatic heterocycles. The highest BCUT2D eigenvalue weighted by Gasteiger charge is 2.22. The van der Waals surface area contributed by atoms with Crippen LogP contribution in [0.4, 0.5) is 0 Å². The summed E-state index contributed by atoms with van der Waals surface area (Å²) in [5.74, 6) is -0.640. The monoisotopic (exact) mass is 215 g/mol. The molecule has 5 nitrogen and oxygen atoms in total. The summed E-state index contributed by atoms with van der Waals surface area (Å²) in [6, 6.07) is -0.929. The van der Waals surface area contributed by atoms with Gasteiger partial charge in [-0.15, -0.1) is 0 Å². The predicted molar refractivity (Wildman–Crippen MR) is 53.4 cm³/mol. The molecule has 1 aliphatic rings. The van der Waals surface area contributed by atoms with Gasteiger partial charge in [-0.05, 0) is 12.3 Å². The number of hydrogen-bond donors (Lipinski definition) is 2. The average Bonchev–Trinajstić information content (AvgIpc) is 2.93. The van der Waals surface area contributed by atoms with Crippen LogP contribution in [0.2, 0.25) is 0 Å². The summed E-state index contributed by atoms with van der Waals surface area (Å²) in [7, 11) is 0. The Kier molecular flexibility index (Phi) is 4.55. The van der Waals surface area contributed by atoms with Crippen molar-refractivity contribution in [2.45, 2.75) is 32.2 Å². The van der Waals surface area contributed by atoms with Gasteiger partial charge in [0.1, 0.15) is 0 Å². The molecule has 0 heterocycles. The molecule has 0 saturated heterocycles. The van der Waals surface area contributed by atoms with E-state index in [9.17, 15) is 9.59 Å². The molecule has 1 rings (SSSR count). The standard InChI is InChI=1S/C10H17NO4/c1-7(12)11-9(10(13)14)6-15-5-4-8-2-3-8/h8-9H,2-6H2,1H3,(H,11,12)(H,13,14). The highest BCUT2D eigenvalue weighted by Crippen LogP contribution is 2.32. The molecule has 0 aromatic heterocycles. The van der Waals surface area contributed by atoms with E-state index in [1.807, 2.05) is 0 Å². The van der Waals surface area contributed by atoms with Crippen molar-refractivity contribution < 1.29 is 19.4 Å². The topological polar surface area (TPSA) is 75.6 Å². The van der Waals surface area contributed by atoms with Gasteiger partial charge >= 0.3 is 5.97 Å². The first-order valence-electron chi connectivity index (χ1n) is 5.17. The number of ether oxygens (including phenoxy) is 1. The van der Waals surface area contributed by atoms with Gasteiger partial charge in [0.2, 0.25) is 5.91 Å². The minimum atomic E-state index is -1.06. The summed E-state index contributed by atoms with van der Waals surface area (Å²) in [6.45, 7) is 1.91. The van der Waals surface area contributed by atoms with Crippen molar-refractivity contribution in [1.29, 1.82) is 0 Å². The Bertz CT molecular complexity index is 238. The number of hydrogen-bond acceptors (Lipinski definition) is 3. The van der Waals surface area contributed by atoms with Crippen molar-refractivity contribution >= 4 is 11.9 Å². The van der Waals surface area contributed by atoms with E-state index in [0.29, 0.717) is 6.61 Å². The second kappa shape index (κ2) is 5.70. The summed E-state index contributed by atoms with van der Waals surface area (Å²) in [5, 5.41) is 11.1. The van der Waals surface area contributed by atoms with E-state index in [-0.39, 0.29) is 12.5 Å². The maximum absolute atomic E-state index is 10.7. The quantitative estimate of drug-likeness (QED) is 0.602. The molecule has 15 heavy (non-hydrogen) atoms. The lowest BCUT2D eigenvalue weighted by atomic mass is 10.3. The summed E-state index contributed by atoms with van der Waals surface area (Å²) >= 11 is 0. The Balaban J connectivity index is 2.12. The third kappa shape index (κ3) is 5.37. The zero-order chi connectivity index (χ0) is 11.3. The van der Waals surface area contributed by atoms with E-state index < -0.39 is 12.0 Å². The number of aliphatic carboxylic acids is 1. The van der Waals surface area contributed by atoms with Gasteiger partial charge in [0, 0.05) is 13.5 Å². The fraction of sp³-hybridized carbons (Fsp3) is 0.800. The van der Waals surface area contributed by atoms with Crippen LogP contribution in [0.25, 0.3) is 0 Å². The van der Waals surface area contributed by atoms with Crippen molar-refractivity contribution in [3.8, 4) is 0 Å². The second-order valence-corrected chi connectivity index (χ2v) is 3.90. The lowest BCUT2D eigenvalue weighted by Crippen LogP contribution is -2.43. The molecule has 0 radical (unpaired) electrons. The van der Waals surface area contributed by atoms with Crippen LogP contribution in [-0.4, -0.2) is 36.2 Å². The number of carbonyl (C=O) groups excluding carboxylic acids is 1. The summed E-state index contributed by atoms with van der Waals surface area (Å²) in [6.07, 6.45) is 3.52. The highest BCUT2D eigenvalue weighted by atomic mass is 16.5. The minimum absolute atomic E-state index is 0.0433. The summed E-state index contributed by atoms with van der Waals surface area (Å²) < 4.78 is 5.21. The first kappa shape index (κ1) is 12.0. The number of carboxylic acids is 1. The third-order valence-corrected chi connectivity index (χ3v) is 2.33. The molecule has 1 aliphatic carbocycles. The Labute approximate surface area is 88.8 Å². The number of rotatable bonds is 7. The van der Waals surface area contributed by atoms with Crippen LogP contribution in [0.3, 0.4) is 0 Å². The number of nitrogens with one attached hydrogen (secondary N) is 1. The highest BCUT2D eigenvalue weighted by molar-refractivity contribution is 5.82. The van der Waals surface area contributed by atoms with E-state index in [1.54, 1.807) is 0 Å². The molecule has 0 spiro atoms. The first-order valence-corrected chi connectivity index (χ1v) is 5.17. The predicted octanol–water partition coefficient (Wildman–Crippen LogP) is 0.392. The molecule has 2 N–H and O–H groups in total. The van der Waals surface area contributed by atoms with Gasteiger partial charge in [0.25, 0.3) is 0 Å². The van der Waals surface area contributed by atoms with Gasteiger partial charge in [-0.3, -0.25) is 4.79 Å². The zero-order valence-corrected chi connectivity index (χ0v) is 8.86. The molecule has 1 unspecified atom stereocenters. The van der Waals surface area contributed by atoms with Crippen molar-refractivity contribution in [3.63, 3.8) is 0 Å². The normalized spacial score (nSPS) is 17.1. The van der Waals surface area contributed by atoms with E-state index in [1.165, 1.54) is 19.8 Å². The fourth-order valence-electron chi connectivity index (χ4n) is 1.28. The van der Waals surface area contributed by atoms with Crippen molar-refractivity contribution in [3.05, 3.63) is 0 Å². The molecule has 0 aromatic carbocycles. The van der Waals surface area contributed by atoms with Crippen molar-refractivity contribution in [1.82, 2.24) is 5.32 Å². The molecular weight excluding hydrogens is 198 g/mol. The Morgan fingerprint density at radius 3 is 2.67 bits per heavy atom. The van der Waals surface area contributed by atoms with Gasteiger partial charge < -0.3 is 15.2 Å². The molecule has 1 saturated carbocycles. The van der Waals surface area contributed by atoms with Crippen LogP contribution in [0.5, 0.6) is 0 Å². The van der Waals surface area contributed by atoms with Gasteiger partial charge in [-0.2, -0.15) is 0 Å². The van der Waals surface area contributed by atoms with E-state index >= 15 is 0 Å².